The van der Waals surface area contributed by atoms with Crippen molar-refractivity contribution in [3.63, 3.8) is 0 Å². The first-order chi connectivity index (χ1) is 12.5. The molecule has 0 spiro atoms. The Morgan fingerprint density at radius 1 is 1.23 bits per heavy atom. The lowest BCUT2D eigenvalue weighted by Crippen LogP contribution is -2.30. The number of rotatable bonds is 5. The number of carbonyl (C=O) groups is 1. The highest BCUT2D eigenvalue weighted by molar-refractivity contribution is 8.26. The van der Waals surface area contributed by atoms with Gasteiger partial charge in [0.2, 0.25) is 0 Å². The van der Waals surface area contributed by atoms with Crippen molar-refractivity contribution in [3.8, 4) is 5.75 Å². The van der Waals surface area contributed by atoms with E-state index in [0.717, 1.165) is 5.56 Å². The molecule has 1 aliphatic heterocycles. The Labute approximate surface area is 159 Å². The second-order valence-corrected chi connectivity index (χ2v) is 7.25. The Bertz CT molecular complexity index is 913. The number of nitrogens with zero attached hydrogens (tertiary/aromatic N) is 2. The summed E-state index contributed by atoms with van der Waals surface area (Å²) in [6.45, 7) is 0.474. The lowest BCUT2D eigenvalue weighted by molar-refractivity contribution is -0.385. The summed E-state index contributed by atoms with van der Waals surface area (Å²) in [4.78, 5) is 24.8. The van der Waals surface area contributed by atoms with Crippen molar-refractivity contribution in [3.05, 3.63) is 74.7 Å². The largest absolute Gasteiger partial charge is 0.502 e. The summed E-state index contributed by atoms with van der Waals surface area (Å²) >= 11 is 6.46. The normalized spacial score (nSPS) is 15.7. The van der Waals surface area contributed by atoms with Crippen LogP contribution in [0.25, 0.3) is 6.08 Å². The minimum atomic E-state index is -0.669. The van der Waals surface area contributed by atoms with Crippen LogP contribution in [0, 0.1) is 10.1 Å². The number of hydrogen-bond acceptors (Lipinski definition) is 6. The van der Waals surface area contributed by atoms with Crippen LogP contribution in [0.5, 0.6) is 5.75 Å². The maximum atomic E-state index is 12.6. The highest BCUT2D eigenvalue weighted by Crippen LogP contribution is 2.34. The molecule has 1 N–H and O–H groups in total. The molecule has 0 radical (unpaired) electrons. The smallest absolute Gasteiger partial charge is 0.311 e. The van der Waals surface area contributed by atoms with Gasteiger partial charge in [-0.2, -0.15) is 0 Å². The van der Waals surface area contributed by atoms with E-state index in [1.807, 2.05) is 30.3 Å². The summed E-state index contributed by atoms with van der Waals surface area (Å²) in [6, 6.07) is 13.8. The van der Waals surface area contributed by atoms with Gasteiger partial charge >= 0.3 is 5.69 Å². The van der Waals surface area contributed by atoms with Crippen LogP contribution >= 0.6 is 24.0 Å². The van der Waals surface area contributed by atoms with E-state index in [4.69, 9.17) is 12.2 Å². The Balaban J connectivity index is 1.77. The van der Waals surface area contributed by atoms with Crippen LogP contribution in [0.1, 0.15) is 11.1 Å². The molecule has 1 fully saturated rings. The quantitative estimate of drug-likeness (QED) is 0.365. The molecule has 132 valence electrons. The average Bonchev–Trinajstić information content (AvgIpc) is 2.89. The molecule has 6 nitrogen and oxygen atoms in total. The Morgan fingerprint density at radius 2 is 1.96 bits per heavy atom. The van der Waals surface area contributed by atoms with Gasteiger partial charge < -0.3 is 5.11 Å². The number of benzene rings is 2. The van der Waals surface area contributed by atoms with Gasteiger partial charge in [0.25, 0.3) is 5.91 Å². The molecule has 0 unspecified atom stereocenters. The van der Waals surface area contributed by atoms with Crippen LogP contribution in [0.2, 0.25) is 0 Å². The zero-order chi connectivity index (χ0) is 18.7. The molecule has 0 aliphatic carbocycles. The first-order valence-electron chi connectivity index (χ1n) is 7.72. The van der Waals surface area contributed by atoms with Gasteiger partial charge in [-0.1, -0.05) is 60.4 Å². The summed E-state index contributed by atoms with van der Waals surface area (Å²) < 4.78 is 0.463. The first kappa shape index (κ1) is 18.1. The molecule has 8 heteroatoms. The predicted octanol–water partition coefficient (Wildman–Crippen LogP) is 3.74. The number of nitro groups is 1. The molecule has 0 aromatic heterocycles. The molecule has 0 atom stereocenters. The van der Waals surface area contributed by atoms with Crippen LogP contribution in [0.3, 0.4) is 0 Å². The molecule has 0 saturated carbocycles. The molecule has 3 rings (SSSR count). The van der Waals surface area contributed by atoms with Gasteiger partial charge in [0, 0.05) is 12.6 Å². The third-order valence-corrected chi connectivity index (χ3v) is 5.21. The molecule has 0 bridgehead atoms. The molecule has 1 heterocycles. The number of phenolic OH excluding ortho intramolecular Hbond substituents is 1. The molecular formula is C18H14N2O4S2. The van der Waals surface area contributed by atoms with E-state index in [1.165, 1.54) is 34.9 Å². The second kappa shape index (κ2) is 7.67. The van der Waals surface area contributed by atoms with Crippen molar-refractivity contribution in [1.29, 1.82) is 0 Å². The molecule has 26 heavy (non-hydrogen) atoms. The van der Waals surface area contributed by atoms with Gasteiger partial charge in [-0.05, 0) is 29.7 Å². The van der Waals surface area contributed by atoms with Crippen LogP contribution in [0.4, 0.5) is 5.69 Å². The fourth-order valence-corrected chi connectivity index (χ4v) is 3.81. The zero-order valence-corrected chi connectivity index (χ0v) is 15.1. The number of amides is 1. The number of nitro benzene ring substituents is 1. The summed E-state index contributed by atoms with van der Waals surface area (Å²) in [7, 11) is 0. The van der Waals surface area contributed by atoms with E-state index in [-0.39, 0.29) is 5.91 Å². The van der Waals surface area contributed by atoms with Crippen LogP contribution in [-0.2, 0) is 11.2 Å². The minimum absolute atomic E-state index is 0.216. The Hall–Kier alpha value is -2.71. The molecule has 1 aliphatic rings. The maximum absolute atomic E-state index is 12.6. The van der Waals surface area contributed by atoms with Crippen molar-refractivity contribution in [2.24, 2.45) is 0 Å². The van der Waals surface area contributed by atoms with Gasteiger partial charge in [0.1, 0.15) is 4.32 Å². The zero-order valence-electron chi connectivity index (χ0n) is 13.5. The number of thiocarbonyl (C=S) groups is 1. The van der Waals surface area contributed by atoms with Crippen molar-refractivity contribution in [2.75, 3.05) is 6.54 Å². The summed E-state index contributed by atoms with van der Waals surface area (Å²) in [6.07, 6.45) is 2.24. The molecule has 1 saturated heterocycles. The monoisotopic (exact) mass is 386 g/mol. The topological polar surface area (TPSA) is 83.7 Å². The van der Waals surface area contributed by atoms with E-state index < -0.39 is 16.4 Å². The summed E-state index contributed by atoms with van der Waals surface area (Å²) in [5, 5.41) is 20.4. The minimum Gasteiger partial charge on any atom is -0.502 e. The first-order valence-corrected chi connectivity index (χ1v) is 8.95. The van der Waals surface area contributed by atoms with Crippen molar-refractivity contribution in [1.82, 2.24) is 4.90 Å². The number of hydrogen-bond donors (Lipinski definition) is 1. The van der Waals surface area contributed by atoms with Crippen LogP contribution in [0.15, 0.2) is 53.4 Å². The Morgan fingerprint density at radius 3 is 2.65 bits per heavy atom. The van der Waals surface area contributed by atoms with Crippen LogP contribution in [-0.4, -0.2) is 31.7 Å². The van der Waals surface area contributed by atoms with E-state index in [1.54, 1.807) is 6.08 Å². The van der Waals surface area contributed by atoms with Crippen LogP contribution < -0.4 is 0 Å². The fourth-order valence-electron chi connectivity index (χ4n) is 2.51. The lowest BCUT2D eigenvalue weighted by Gasteiger charge is -2.14. The number of thioether (sulfide) groups is 1. The van der Waals surface area contributed by atoms with Gasteiger partial charge in [0.05, 0.1) is 9.83 Å². The number of aromatic hydroxyl groups is 1. The van der Waals surface area contributed by atoms with Gasteiger partial charge in [-0.15, -0.1) is 0 Å². The van der Waals surface area contributed by atoms with Crippen molar-refractivity contribution >= 4 is 46.0 Å². The third-order valence-electron chi connectivity index (χ3n) is 3.83. The average molecular weight is 386 g/mol. The lowest BCUT2D eigenvalue weighted by atomic mass is 10.1. The molecular weight excluding hydrogens is 372 g/mol. The second-order valence-electron chi connectivity index (χ2n) is 5.57. The van der Waals surface area contributed by atoms with Gasteiger partial charge in [-0.3, -0.25) is 19.8 Å². The summed E-state index contributed by atoms with van der Waals surface area (Å²) in [5.41, 5.74) is 1.16. The van der Waals surface area contributed by atoms with E-state index >= 15 is 0 Å². The number of carbonyl (C=O) groups excluding carboxylic acids is 1. The molecule has 1 amide bonds. The maximum Gasteiger partial charge on any atom is 0.311 e. The van der Waals surface area contributed by atoms with E-state index in [2.05, 4.69) is 0 Å². The summed E-state index contributed by atoms with van der Waals surface area (Å²) in [5.74, 6) is -0.630. The highest BCUT2D eigenvalue weighted by atomic mass is 32.2. The van der Waals surface area contributed by atoms with Crippen molar-refractivity contribution in [2.45, 2.75) is 6.42 Å². The molecule has 2 aromatic carbocycles. The van der Waals surface area contributed by atoms with Gasteiger partial charge in [0.15, 0.2) is 5.75 Å². The van der Waals surface area contributed by atoms with Gasteiger partial charge in [-0.25, -0.2) is 0 Å². The van der Waals surface area contributed by atoms with E-state index in [9.17, 15) is 20.0 Å². The SMILES string of the molecule is O=C1C(=Cc2ccc(O)c([N+](=O)[O-])c2)SC(=S)N1CCc1ccccc1. The third kappa shape index (κ3) is 3.92. The molecule has 2 aromatic rings. The predicted molar refractivity (Wildman–Crippen MR) is 105 cm³/mol. The van der Waals surface area contributed by atoms with Crippen molar-refractivity contribution < 1.29 is 14.8 Å². The standard InChI is InChI=1S/C18H14N2O4S2/c21-15-7-6-13(10-14(15)20(23)24)11-16-17(22)19(18(25)26-16)9-8-12-4-2-1-3-5-12/h1-7,10-11,21H,8-9H2. The fraction of sp³-hybridized carbons (Fsp3) is 0.111. The van der Waals surface area contributed by atoms with E-state index in [0.29, 0.717) is 27.8 Å². The highest BCUT2D eigenvalue weighted by Gasteiger charge is 2.31. The number of phenols is 1. The Kier molecular flexibility index (Phi) is 5.34.